The number of amidine groups is 1. The highest BCUT2D eigenvalue weighted by atomic mass is 35.5. The van der Waals surface area contributed by atoms with Crippen LogP contribution in [0.2, 0.25) is 0 Å². The number of hydrogen-bond acceptors (Lipinski definition) is 4. The average Bonchev–Trinajstić information content (AvgIpc) is 2.96. The SMILES string of the molecule is CCC(N=C1Nc2ccccc2C(=O)N2CSCC12)C(=O)O.Cl. The molecule has 0 radical (unpaired) electrons. The highest BCUT2D eigenvalue weighted by molar-refractivity contribution is 7.99. The smallest absolute Gasteiger partial charge is 0.328 e. The second kappa shape index (κ2) is 7.23. The van der Waals surface area contributed by atoms with Crippen molar-refractivity contribution in [3.05, 3.63) is 29.8 Å². The molecule has 23 heavy (non-hydrogen) atoms. The summed E-state index contributed by atoms with van der Waals surface area (Å²) >= 11 is 1.65. The van der Waals surface area contributed by atoms with Crippen molar-refractivity contribution in [2.75, 3.05) is 16.9 Å². The zero-order valence-corrected chi connectivity index (χ0v) is 14.2. The van der Waals surface area contributed by atoms with Gasteiger partial charge in [0.1, 0.15) is 11.9 Å². The van der Waals surface area contributed by atoms with E-state index in [2.05, 4.69) is 10.3 Å². The molecular weight excluding hydrogens is 338 g/mol. The summed E-state index contributed by atoms with van der Waals surface area (Å²) in [6, 6.07) is 6.28. The van der Waals surface area contributed by atoms with Crippen LogP contribution in [-0.4, -0.2) is 51.4 Å². The first-order chi connectivity index (χ1) is 10.6. The Balaban J connectivity index is 0.00000192. The van der Waals surface area contributed by atoms with Crippen LogP contribution in [-0.2, 0) is 4.79 Å². The van der Waals surface area contributed by atoms with Crippen LogP contribution in [0, 0.1) is 0 Å². The Morgan fingerprint density at radius 3 is 2.96 bits per heavy atom. The maximum Gasteiger partial charge on any atom is 0.328 e. The highest BCUT2D eigenvalue weighted by Gasteiger charge is 2.38. The molecule has 0 bridgehead atoms. The van der Waals surface area contributed by atoms with Gasteiger partial charge in [0.15, 0.2) is 0 Å². The van der Waals surface area contributed by atoms with E-state index in [0.29, 0.717) is 29.4 Å². The molecule has 2 atom stereocenters. The molecule has 2 aliphatic heterocycles. The van der Waals surface area contributed by atoms with E-state index >= 15 is 0 Å². The Morgan fingerprint density at radius 2 is 2.26 bits per heavy atom. The number of benzene rings is 1. The number of rotatable bonds is 3. The number of fused-ring (bicyclic) bond motifs is 2. The minimum atomic E-state index is -0.946. The third kappa shape index (κ3) is 3.30. The topological polar surface area (TPSA) is 82.0 Å². The minimum absolute atomic E-state index is 0. The molecule has 3 rings (SSSR count). The molecule has 1 amide bonds. The number of carbonyl (C=O) groups excluding carboxylic acids is 1. The van der Waals surface area contributed by atoms with Gasteiger partial charge in [0.25, 0.3) is 5.91 Å². The van der Waals surface area contributed by atoms with Gasteiger partial charge in [0.2, 0.25) is 0 Å². The number of aliphatic imine (C=N–C) groups is 1. The van der Waals surface area contributed by atoms with Crippen LogP contribution in [0.4, 0.5) is 5.69 Å². The van der Waals surface area contributed by atoms with Gasteiger partial charge >= 0.3 is 5.97 Å². The number of carbonyl (C=O) groups is 2. The van der Waals surface area contributed by atoms with Crippen molar-refractivity contribution in [3.8, 4) is 0 Å². The predicted molar refractivity (Wildman–Crippen MR) is 93.7 cm³/mol. The lowest BCUT2D eigenvalue weighted by atomic mass is 10.1. The fourth-order valence-corrected chi connectivity index (χ4v) is 3.79. The molecule has 1 aromatic carbocycles. The fourth-order valence-electron chi connectivity index (χ4n) is 2.63. The molecule has 6 nitrogen and oxygen atoms in total. The number of halogens is 1. The lowest BCUT2D eigenvalue weighted by Gasteiger charge is -2.22. The van der Waals surface area contributed by atoms with Gasteiger partial charge in [-0.05, 0) is 18.6 Å². The molecule has 8 heteroatoms. The van der Waals surface area contributed by atoms with Crippen molar-refractivity contribution in [1.29, 1.82) is 0 Å². The Bertz CT molecular complexity index is 653. The minimum Gasteiger partial charge on any atom is -0.480 e. The number of anilines is 1. The Kier molecular flexibility index (Phi) is 5.54. The quantitative estimate of drug-likeness (QED) is 0.869. The normalized spacial score (nSPS) is 22.5. The molecule has 0 aliphatic carbocycles. The van der Waals surface area contributed by atoms with Gasteiger partial charge in [-0.25, -0.2) is 4.79 Å². The van der Waals surface area contributed by atoms with Crippen molar-refractivity contribution in [2.24, 2.45) is 4.99 Å². The van der Waals surface area contributed by atoms with Crippen LogP contribution in [0.3, 0.4) is 0 Å². The number of aliphatic carboxylic acids is 1. The van der Waals surface area contributed by atoms with E-state index in [1.165, 1.54) is 0 Å². The standard InChI is InChI=1S/C15H17N3O3S.ClH/c1-2-10(15(20)21)16-13-12-7-22-8-18(12)14(19)9-5-3-4-6-11(9)17-13;/h3-6,10,12H,2,7-8H2,1H3,(H,16,17)(H,20,21);1H. The largest absolute Gasteiger partial charge is 0.480 e. The molecule has 0 saturated carbocycles. The summed E-state index contributed by atoms with van der Waals surface area (Å²) in [5.74, 6) is 0.909. The number of hydrogen-bond donors (Lipinski definition) is 2. The Morgan fingerprint density at radius 1 is 1.52 bits per heavy atom. The number of carboxylic acids is 1. The van der Waals surface area contributed by atoms with Crippen molar-refractivity contribution >= 4 is 47.6 Å². The van der Waals surface area contributed by atoms with Gasteiger partial charge in [-0.3, -0.25) is 9.79 Å². The molecule has 2 aliphatic rings. The van der Waals surface area contributed by atoms with E-state index in [9.17, 15) is 14.7 Å². The lowest BCUT2D eigenvalue weighted by molar-refractivity contribution is -0.138. The zero-order valence-electron chi connectivity index (χ0n) is 12.6. The van der Waals surface area contributed by atoms with Crippen LogP contribution in [0.1, 0.15) is 23.7 Å². The molecule has 2 heterocycles. The van der Waals surface area contributed by atoms with Crippen LogP contribution in [0.25, 0.3) is 0 Å². The Hall–Kier alpha value is -1.73. The summed E-state index contributed by atoms with van der Waals surface area (Å²) in [5.41, 5.74) is 1.29. The van der Waals surface area contributed by atoms with Gasteiger partial charge in [-0.1, -0.05) is 19.1 Å². The second-order valence-corrected chi connectivity index (χ2v) is 6.24. The molecule has 0 spiro atoms. The predicted octanol–water partition coefficient (Wildman–Crippen LogP) is 2.31. The summed E-state index contributed by atoms with van der Waals surface area (Å²) in [6.45, 7) is 1.79. The molecule has 124 valence electrons. The molecule has 1 saturated heterocycles. The summed E-state index contributed by atoms with van der Waals surface area (Å²) in [5, 5.41) is 12.4. The summed E-state index contributed by atoms with van der Waals surface area (Å²) < 4.78 is 0. The van der Waals surface area contributed by atoms with E-state index in [1.54, 1.807) is 29.7 Å². The number of carboxylic acid groups (broad SMARTS) is 1. The molecule has 2 N–H and O–H groups in total. The molecular formula is C15H18ClN3O3S. The summed E-state index contributed by atoms with van der Waals surface area (Å²) in [7, 11) is 0. The van der Waals surface area contributed by atoms with Crippen LogP contribution in [0.5, 0.6) is 0 Å². The van der Waals surface area contributed by atoms with E-state index in [1.807, 2.05) is 18.2 Å². The van der Waals surface area contributed by atoms with Crippen LogP contribution < -0.4 is 5.32 Å². The zero-order chi connectivity index (χ0) is 15.7. The number of nitrogens with one attached hydrogen (secondary N) is 1. The summed E-state index contributed by atoms with van der Waals surface area (Å²) in [4.78, 5) is 30.1. The van der Waals surface area contributed by atoms with Crippen molar-refractivity contribution in [3.63, 3.8) is 0 Å². The van der Waals surface area contributed by atoms with E-state index in [4.69, 9.17) is 0 Å². The van der Waals surface area contributed by atoms with Gasteiger partial charge in [-0.15, -0.1) is 24.2 Å². The number of nitrogens with zero attached hydrogens (tertiary/aromatic N) is 2. The van der Waals surface area contributed by atoms with Gasteiger partial charge < -0.3 is 15.3 Å². The fraction of sp³-hybridized carbons (Fsp3) is 0.400. The first-order valence-electron chi connectivity index (χ1n) is 7.17. The number of para-hydroxylation sites is 1. The van der Waals surface area contributed by atoms with E-state index in [0.717, 1.165) is 5.75 Å². The molecule has 1 aromatic rings. The molecule has 1 fully saturated rings. The van der Waals surface area contributed by atoms with Gasteiger partial charge in [0, 0.05) is 5.75 Å². The first kappa shape index (κ1) is 17.6. The number of thioether (sulfide) groups is 1. The maximum atomic E-state index is 12.7. The third-order valence-electron chi connectivity index (χ3n) is 3.85. The third-order valence-corrected chi connectivity index (χ3v) is 4.86. The Labute approximate surface area is 144 Å². The van der Waals surface area contributed by atoms with E-state index < -0.39 is 12.0 Å². The van der Waals surface area contributed by atoms with E-state index in [-0.39, 0.29) is 24.4 Å². The number of amides is 1. The van der Waals surface area contributed by atoms with Crippen LogP contribution in [0.15, 0.2) is 29.3 Å². The van der Waals surface area contributed by atoms with Crippen LogP contribution >= 0.6 is 24.2 Å². The monoisotopic (exact) mass is 355 g/mol. The average molecular weight is 356 g/mol. The molecule has 0 aromatic heterocycles. The summed E-state index contributed by atoms with van der Waals surface area (Å²) in [6.07, 6.45) is 0.413. The molecule has 2 unspecified atom stereocenters. The lowest BCUT2D eigenvalue weighted by Crippen LogP contribution is -2.43. The van der Waals surface area contributed by atoms with Crippen molar-refractivity contribution in [2.45, 2.75) is 25.4 Å². The second-order valence-electron chi connectivity index (χ2n) is 5.24. The van der Waals surface area contributed by atoms with Gasteiger partial charge in [0.05, 0.1) is 23.2 Å². The first-order valence-corrected chi connectivity index (χ1v) is 8.32. The van der Waals surface area contributed by atoms with Gasteiger partial charge in [-0.2, -0.15) is 0 Å². The highest BCUT2D eigenvalue weighted by Crippen LogP contribution is 2.30. The maximum absolute atomic E-state index is 12.7. The van der Waals surface area contributed by atoms with Crippen molar-refractivity contribution < 1.29 is 14.7 Å². The van der Waals surface area contributed by atoms with Crippen molar-refractivity contribution in [1.82, 2.24) is 4.90 Å².